The molecule has 47 heavy (non-hydrogen) atoms. The van der Waals surface area contributed by atoms with Crippen LogP contribution in [0.1, 0.15) is 0 Å². The maximum Gasteiger partial charge on any atom is 0.172 e. The molecule has 222 valence electrons. The maximum absolute atomic E-state index is 16.2. The van der Waals surface area contributed by atoms with Crippen molar-refractivity contribution in [2.75, 3.05) is 0 Å². The minimum Gasteiger partial charge on any atom is -0.309 e. The highest BCUT2D eigenvalue weighted by Gasteiger charge is 2.40. The Morgan fingerprint density at radius 1 is 0.426 bits per heavy atom. The molecule has 2 heterocycles. The lowest BCUT2D eigenvalue weighted by atomic mass is 9.98. The molecule has 1 unspecified atom stereocenters. The van der Waals surface area contributed by atoms with E-state index < -0.39 is 7.14 Å². The fourth-order valence-electron chi connectivity index (χ4n) is 7.30. The zero-order chi connectivity index (χ0) is 31.4. The van der Waals surface area contributed by atoms with Crippen LogP contribution in [0.2, 0.25) is 0 Å². The van der Waals surface area contributed by atoms with Gasteiger partial charge in [0.2, 0.25) is 0 Å². The second kappa shape index (κ2) is 11.0. The Kier molecular flexibility index (Phi) is 6.45. The van der Waals surface area contributed by atoms with Crippen LogP contribution in [0, 0.1) is 0 Å². The zero-order valence-corrected chi connectivity index (χ0v) is 26.5. The monoisotopic (exact) mass is 619 g/mol. The molecule has 0 radical (unpaired) electrons. The molecular weight excluding hydrogens is 589 g/mol. The summed E-state index contributed by atoms with van der Waals surface area (Å²) in [6.07, 6.45) is 0. The Bertz CT molecular complexity index is 2480. The summed E-state index contributed by atoms with van der Waals surface area (Å²) in [5.74, 6) is 0. The van der Waals surface area contributed by atoms with Gasteiger partial charge in [-0.2, -0.15) is 0 Å². The molecule has 0 fully saturated rings. The smallest absolute Gasteiger partial charge is 0.172 e. The summed E-state index contributed by atoms with van der Waals surface area (Å²) in [7, 11) is -3.34. The van der Waals surface area contributed by atoms with E-state index in [0.717, 1.165) is 66.0 Å². The summed E-state index contributed by atoms with van der Waals surface area (Å²) in [5, 5.41) is 3.72. The molecule has 0 spiro atoms. The molecule has 0 amide bonds. The molecule has 0 aliphatic carbocycles. The van der Waals surface area contributed by atoms with E-state index in [0.29, 0.717) is 0 Å². The van der Waals surface area contributed by atoms with Crippen LogP contribution in [0.4, 0.5) is 0 Å². The molecular formula is C44H30NOP. The second-order valence-corrected chi connectivity index (χ2v) is 14.7. The highest BCUT2D eigenvalue weighted by molar-refractivity contribution is 7.85. The topological polar surface area (TPSA) is 22.0 Å². The predicted octanol–water partition coefficient (Wildman–Crippen LogP) is 10.3. The lowest BCUT2D eigenvalue weighted by Crippen LogP contribution is -2.26. The van der Waals surface area contributed by atoms with Crippen molar-refractivity contribution in [2.45, 2.75) is 0 Å². The van der Waals surface area contributed by atoms with Gasteiger partial charge in [0.1, 0.15) is 0 Å². The highest BCUT2D eigenvalue weighted by atomic mass is 31.2. The van der Waals surface area contributed by atoms with Crippen LogP contribution in [0.5, 0.6) is 0 Å². The van der Waals surface area contributed by atoms with Gasteiger partial charge in [-0.3, -0.25) is 0 Å². The molecule has 8 aromatic rings. The molecule has 3 heteroatoms. The second-order valence-electron chi connectivity index (χ2n) is 12.0. The van der Waals surface area contributed by atoms with Crippen molar-refractivity contribution in [1.82, 2.24) is 4.57 Å². The Labute approximate surface area is 274 Å². The number of fused-ring (bicyclic) bond motifs is 7. The van der Waals surface area contributed by atoms with Crippen molar-refractivity contribution in [2.24, 2.45) is 0 Å². The molecule has 1 aliphatic rings. The van der Waals surface area contributed by atoms with Crippen LogP contribution >= 0.6 is 7.14 Å². The third-order valence-corrected chi connectivity index (χ3v) is 12.6. The van der Waals surface area contributed by atoms with Crippen LogP contribution < -0.4 is 15.9 Å². The van der Waals surface area contributed by atoms with Gasteiger partial charge in [-0.05, 0) is 52.1 Å². The first kappa shape index (κ1) is 27.6. The number of para-hydroxylation sites is 1. The van der Waals surface area contributed by atoms with Gasteiger partial charge < -0.3 is 9.13 Å². The summed E-state index contributed by atoms with van der Waals surface area (Å²) < 4.78 is 18.6. The fourth-order valence-corrected chi connectivity index (χ4v) is 10.4. The predicted molar refractivity (Wildman–Crippen MR) is 198 cm³/mol. The minimum absolute atomic E-state index is 0.840. The maximum atomic E-state index is 16.2. The quantitative estimate of drug-likeness (QED) is 0.180. The van der Waals surface area contributed by atoms with Crippen molar-refractivity contribution in [3.63, 3.8) is 0 Å². The molecule has 7 aromatic carbocycles. The number of hydrogen-bond donors (Lipinski definition) is 0. The Morgan fingerprint density at radius 2 is 0.957 bits per heavy atom. The average molecular weight is 620 g/mol. The van der Waals surface area contributed by atoms with Gasteiger partial charge in [-0.1, -0.05) is 158 Å². The lowest BCUT2D eigenvalue weighted by Gasteiger charge is -2.23. The number of nitrogens with zero attached hydrogens (tertiary/aromatic N) is 1. The third-order valence-electron chi connectivity index (χ3n) is 9.44. The van der Waals surface area contributed by atoms with E-state index >= 15 is 4.57 Å². The van der Waals surface area contributed by atoms with Gasteiger partial charge in [0.05, 0.1) is 11.2 Å². The Balaban J connectivity index is 1.35. The van der Waals surface area contributed by atoms with Gasteiger partial charge in [-0.25, -0.2) is 0 Å². The SMILES string of the molecule is O=P1(c2cccc(-c3ccccc3)c2)c2ccccc2-c2c(n(-c3ccc(-c4ccccc4)cc3)c3ccccc23)-c2ccccc21. The van der Waals surface area contributed by atoms with Crippen molar-refractivity contribution in [3.8, 4) is 50.3 Å². The average Bonchev–Trinajstić information content (AvgIpc) is 3.46. The van der Waals surface area contributed by atoms with E-state index in [2.05, 4.69) is 138 Å². The van der Waals surface area contributed by atoms with Crippen molar-refractivity contribution < 1.29 is 4.57 Å². The van der Waals surface area contributed by atoms with Gasteiger partial charge in [0.25, 0.3) is 0 Å². The third kappa shape index (κ3) is 4.30. The zero-order valence-electron chi connectivity index (χ0n) is 25.6. The number of rotatable bonds is 4. The summed E-state index contributed by atoms with van der Waals surface area (Å²) in [4.78, 5) is 0. The Hall–Kier alpha value is -5.69. The standard InChI is InChI=1S/C44H30NOP/c46-47(36-19-13-18-34(30-36)32-16-5-2-6-17-32)41-24-11-8-21-38(41)43-37-20-7-10-23-40(37)45(44(43)39-22-9-12-25-42(39)47)35-28-26-33(27-29-35)31-14-3-1-4-15-31/h1-30H. The molecule has 2 nitrogen and oxygen atoms in total. The van der Waals surface area contributed by atoms with E-state index in [-0.39, 0.29) is 0 Å². The van der Waals surface area contributed by atoms with Crippen LogP contribution in [0.15, 0.2) is 182 Å². The molecule has 1 atom stereocenters. The molecule has 0 bridgehead atoms. The largest absolute Gasteiger partial charge is 0.309 e. The number of hydrogen-bond acceptors (Lipinski definition) is 1. The first-order valence-corrected chi connectivity index (χ1v) is 17.7. The normalized spacial score (nSPS) is 15.0. The van der Waals surface area contributed by atoms with Crippen molar-refractivity contribution in [3.05, 3.63) is 182 Å². The summed E-state index contributed by atoms with van der Waals surface area (Å²) in [5.41, 5.74) is 10.9. The van der Waals surface area contributed by atoms with Gasteiger partial charge >= 0.3 is 0 Å². The molecule has 0 saturated heterocycles. The van der Waals surface area contributed by atoms with E-state index in [1.807, 2.05) is 48.5 Å². The lowest BCUT2D eigenvalue weighted by molar-refractivity contribution is 0.592. The number of benzene rings is 7. The van der Waals surface area contributed by atoms with Gasteiger partial charge in [-0.15, -0.1) is 0 Å². The number of aromatic nitrogens is 1. The molecule has 9 rings (SSSR count). The summed E-state index contributed by atoms with van der Waals surface area (Å²) >= 11 is 0. The van der Waals surface area contributed by atoms with Crippen LogP contribution in [0.3, 0.4) is 0 Å². The molecule has 0 N–H and O–H groups in total. The van der Waals surface area contributed by atoms with Crippen molar-refractivity contribution >= 4 is 34.0 Å². The van der Waals surface area contributed by atoms with Gasteiger partial charge in [0.15, 0.2) is 7.14 Å². The van der Waals surface area contributed by atoms with E-state index in [1.165, 1.54) is 11.1 Å². The van der Waals surface area contributed by atoms with Crippen LogP contribution in [-0.4, -0.2) is 4.57 Å². The van der Waals surface area contributed by atoms with Crippen LogP contribution in [-0.2, 0) is 4.57 Å². The van der Waals surface area contributed by atoms with E-state index in [4.69, 9.17) is 0 Å². The fraction of sp³-hybridized carbons (Fsp3) is 0. The Morgan fingerprint density at radius 3 is 1.68 bits per heavy atom. The molecule has 0 saturated carbocycles. The highest BCUT2D eigenvalue weighted by Crippen LogP contribution is 2.54. The summed E-state index contributed by atoms with van der Waals surface area (Å²) in [6, 6.07) is 63.3. The summed E-state index contributed by atoms with van der Waals surface area (Å²) in [6.45, 7) is 0. The van der Waals surface area contributed by atoms with Crippen molar-refractivity contribution in [1.29, 1.82) is 0 Å². The van der Waals surface area contributed by atoms with E-state index in [9.17, 15) is 0 Å². The van der Waals surface area contributed by atoms with E-state index in [1.54, 1.807) is 0 Å². The molecule has 1 aromatic heterocycles. The molecule has 1 aliphatic heterocycles. The van der Waals surface area contributed by atoms with Crippen LogP contribution in [0.25, 0.3) is 61.2 Å². The first-order valence-electron chi connectivity index (χ1n) is 16.0. The minimum atomic E-state index is -3.34. The first-order chi connectivity index (χ1) is 23.2. The van der Waals surface area contributed by atoms with Gasteiger partial charge in [0, 0.05) is 38.1 Å².